The van der Waals surface area contributed by atoms with Crippen molar-refractivity contribution < 1.29 is 14.7 Å². The zero-order chi connectivity index (χ0) is 10.3. The van der Waals surface area contributed by atoms with Gasteiger partial charge in [-0.3, -0.25) is 9.59 Å². The summed E-state index contributed by atoms with van der Waals surface area (Å²) in [7, 11) is 1.83. The summed E-state index contributed by atoms with van der Waals surface area (Å²) in [5.41, 5.74) is 1.53. The van der Waals surface area contributed by atoms with Crippen LogP contribution < -0.4 is 0 Å². The van der Waals surface area contributed by atoms with Crippen molar-refractivity contribution in [3.05, 3.63) is 23.5 Å². The first kappa shape index (κ1) is 8.99. The molecule has 1 heterocycles. The highest BCUT2D eigenvalue weighted by Gasteiger charge is 2.31. The van der Waals surface area contributed by atoms with Gasteiger partial charge >= 0.3 is 5.97 Å². The van der Waals surface area contributed by atoms with Crippen molar-refractivity contribution in [3.63, 3.8) is 0 Å². The number of carboxylic acid groups (broad SMARTS) is 1. The van der Waals surface area contributed by atoms with Crippen LogP contribution in [0, 0.1) is 5.92 Å². The minimum Gasteiger partial charge on any atom is -0.481 e. The van der Waals surface area contributed by atoms with Crippen LogP contribution >= 0.6 is 0 Å². The molecule has 0 aromatic carbocycles. The second kappa shape index (κ2) is 2.97. The van der Waals surface area contributed by atoms with Gasteiger partial charge in [-0.05, 0) is 6.07 Å². The first-order valence-electron chi connectivity index (χ1n) is 4.50. The van der Waals surface area contributed by atoms with Gasteiger partial charge in [0.05, 0.1) is 5.92 Å². The number of hydrogen-bond acceptors (Lipinski definition) is 2. The van der Waals surface area contributed by atoms with Crippen LogP contribution in [0.5, 0.6) is 0 Å². The number of nitrogens with zero attached hydrogens (tertiary/aromatic N) is 1. The van der Waals surface area contributed by atoms with Crippen LogP contribution in [0.4, 0.5) is 0 Å². The molecule has 0 radical (unpaired) electrons. The summed E-state index contributed by atoms with van der Waals surface area (Å²) < 4.78 is 1.82. The summed E-state index contributed by atoms with van der Waals surface area (Å²) in [6.45, 7) is 0. The lowest BCUT2D eigenvalue weighted by Crippen LogP contribution is -2.26. The highest BCUT2D eigenvalue weighted by atomic mass is 16.4. The number of hydrogen-bond donors (Lipinski definition) is 1. The highest BCUT2D eigenvalue weighted by Crippen LogP contribution is 2.25. The molecule has 1 aliphatic rings. The maximum atomic E-state index is 11.5. The van der Waals surface area contributed by atoms with Gasteiger partial charge < -0.3 is 9.67 Å². The van der Waals surface area contributed by atoms with E-state index in [-0.39, 0.29) is 12.2 Å². The zero-order valence-electron chi connectivity index (χ0n) is 7.86. The highest BCUT2D eigenvalue weighted by molar-refractivity contribution is 6.00. The standard InChI is InChI=1S/C10H11NO3/c1-11-3-2-7-8(11)4-6(10(13)14)5-9(7)12/h2-3,6H,4-5H2,1H3,(H,13,14). The molecule has 4 heteroatoms. The Hall–Kier alpha value is -1.58. The number of carboxylic acids is 1. The third kappa shape index (κ3) is 1.23. The zero-order valence-corrected chi connectivity index (χ0v) is 7.86. The Morgan fingerprint density at radius 1 is 1.57 bits per heavy atom. The molecule has 1 aromatic heterocycles. The Morgan fingerprint density at radius 3 is 2.93 bits per heavy atom. The lowest BCUT2D eigenvalue weighted by molar-refractivity contribution is -0.141. The van der Waals surface area contributed by atoms with Gasteiger partial charge in [0.2, 0.25) is 0 Å². The summed E-state index contributed by atoms with van der Waals surface area (Å²) in [6.07, 6.45) is 2.39. The predicted octanol–water partition coefficient (Wildman–Crippen LogP) is 0.855. The summed E-state index contributed by atoms with van der Waals surface area (Å²) in [5.74, 6) is -1.49. The minimum absolute atomic E-state index is 0.0562. The first-order chi connectivity index (χ1) is 6.59. The minimum atomic E-state index is -0.884. The Labute approximate surface area is 81.2 Å². The average molecular weight is 193 g/mol. The van der Waals surface area contributed by atoms with Crippen molar-refractivity contribution >= 4 is 11.8 Å². The van der Waals surface area contributed by atoms with E-state index in [1.54, 1.807) is 12.3 Å². The van der Waals surface area contributed by atoms with Crippen LogP contribution in [0.25, 0.3) is 0 Å². The SMILES string of the molecule is Cn1ccc2c1CC(C(=O)O)CC2=O. The molecule has 0 fully saturated rings. The lowest BCUT2D eigenvalue weighted by atomic mass is 9.87. The molecule has 0 spiro atoms. The van der Waals surface area contributed by atoms with Crippen LogP contribution in [-0.4, -0.2) is 21.4 Å². The molecule has 1 atom stereocenters. The number of fused-ring (bicyclic) bond motifs is 1. The Balaban J connectivity index is 2.40. The number of carbonyl (C=O) groups is 2. The van der Waals surface area contributed by atoms with Gasteiger partial charge in [0.1, 0.15) is 0 Å². The summed E-state index contributed by atoms with van der Waals surface area (Å²) in [5, 5.41) is 8.85. The molecule has 1 N–H and O–H groups in total. The van der Waals surface area contributed by atoms with Crippen molar-refractivity contribution in [2.75, 3.05) is 0 Å². The van der Waals surface area contributed by atoms with Crippen LogP contribution in [0.3, 0.4) is 0 Å². The average Bonchev–Trinajstić information content (AvgIpc) is 2.48. The number of aliphatic carboxylic acids is 1. The molecule has 1 unspecified atom stereocenters. The number of rotatable bonds is 1. The third-order valence-electron chi connectivity index (χ3n) is 2.72. The van der Waals surface area contributed by atoms with Gasteiger partial charge in [0, 0.05) is 37.3 Å². The van der Waals surface area contributed by atoms with E-state index in [0.717, 1.165) is 5.69 Å². The van der Waals surface area contributed by atoms with E-state index in [4.69, 9.17) is 5.11 Å². The topological polar surface area (TPSA) is 59.3 Å². The Morgan fingerprint density at radius 2 is 2.29 bits per heavy atom. The number of aromatic nitrogens is 1. The quantitative estimate of drug-likeness (QED) is 0.719. The molecule has 0 saturated carbocycles. The van der Waals surface area contributed by atoms with Crippen molar-refractivity contribution in [1.82, 2.24) is 4.57 Å². The molecule has 1 aromatic rings. The monoisotopic (exact) mass is 193 g/mol. The first-order valence-corrected chi connectivity index (χ1v) is 4.50. The van der Waals surface area contributed by atoms with Gasteiger partial charge in [0.25, 0.3) is 0 Å². The van der Waals surface area contributed by atoms with Crippen LogP contribution in [0.1, 0.15) is 22.5 Å². The lowest BCUT2D eigenvalue weighted by Gasteiger charge is -2.18. The molecule has 74 valence electrons. The van der Waals surface area contributed by atoms with Crippen molar-refractivity contribution in [2.45, 2.75) is 12.8 Å². The molecule has 0 bridgehead atoms. The van der Waals surface area contributed by atoms with E-state index >= 15 is 0 Å². The maximum Gasteiger partial charge on any atom is 0.307 e. The van der Waals surface area contributed by atoms with E-state index < -0.39 is 11.9 Å². The molecule has 0 aliphatic heterocycles. The Kier molecular flexibility index (Phi) is 1.91. The second-order valence-corrected chi connectivity index (χ2v) is 3.65. The summed E-state index contributed by atoms with van der Waals surface area (Å²) >= 11 is 0. The molecular weight excluding hydrogens is 182 g/mol. The summed E-state index contributed by atoms with van der Waals surface area (Å²) in [4.78, 5) is 22.3. The molecule has 1 aliphatic carbocycles. The molecule has 2 rings (SSSR count). The molecule has 14 heavy (non-hydrogen) atoms. The number of ketones is 1. The van der Waals surface area contributed by atoms with Gasteiger partial charge in [-0.25, -0.2) is 0 Å². The number of carbonyl (C=O) groups excluding carboxylic acids is 1. The van der Waals surface area contributed by atoms with Crippen LogP contribution in [0.15, 0.2) is 12.3 Å². The molecule has 0 saturated heterocycles. The largest absolute Gasteiger partial charge is 0.481 e. The van der Waals surface area contributed by atoms with E-state index in [0.29, 0.717) is 12.0 Å². The molecule has 4 nitrogen and oxygen atoms in total. The van der Waals surface area contributed by atoms with Gasteiger partial charge in [-0.1, -0.05) is 0 Å². The smallest absolute Gasteiger partial charge is 0.307 e. The van der Waals surface area contributed by atoms with Crippen molar-refractivity contribution in [2.24, 2.45) is 13.0 Å². The third-order valence-corrected chi connectivity index (χ3v) is 2.72. The van der Waals surface area contributed by atoms with E-state index in [1.165, 1.54) is 0 Å². The second-order valence-electron chi connectivity index (χ2n) is 3.65. The summed E-state index contributed by atoms with van der Waals surface area (Å²) in [6, 6.07) is 1.76. The normalized spacial score (nSPS) is 20.6. The molecular formula is C10H11NO3. The van der Waals surface area contributed by atoms with Crippen LogP contribution in [0.2, 0.25) is 0 Å². The number of Topliss-reactive ketones (excluding diaryl/α,β-unsaturated/α-hetero) is 1. The van der Waals surface area contributed by atoms with Gasteiger partial charge in [-0.2, -0.15) is 0 Å². The van der Waals surface area contributed by atoms with Gasteiger partial charge in [-0.15, -0.1) is 0 Å². The molecule has 0 amide bonds. The number of aryl methyl sites for hydroxylation is 1. The van der Waals surface area contributed by atoms with Crippen molar-refractivity contribution in [1.29, 1.82) is 0 Å². The fourth-order valence-corrected chi connectivity index (χ4v) is 1.88. The fourth-order valence-electron chi connectivity index (χ4n) is 1.88. The Bertz CT molecular complexity index is 405. The predicted molar refractivity (Wildman–Crippen MR) is 49.2 cm³/mol. The maximum absolute atomic E-state index is 11.5. The van der Waals surface area contributed by atoms with Gasteiger partial charge in [0.15, 0.2) is 5.78 Å². The van der Waals surface area contributed by atoms with E-state index in [1.807, 2.05) is 11.6 Å². The van der Waals surface area contributed by atoms with Crippen molar-refractivity contribution in [3.8, 4) is 0 Å². The van der Waals surface area contributed by atoms with E-state index in [2.05, 4.69) is 0 Å². The fraction of sp³-hybridized carbons (Fsp3) is 0.400. The van der Waals surface area contributed by atoms with Crippen LogP contribution in [-0.2, 0) is 18.3 Å². The van der Waals surface area contributed by atoms with E-state index in [9.17, 15) is 9.59 Å².